The van der Waals surface area contributed by atoms with Crippen molar-refractivity contribution >= 4 is 21.6 Å². The van der Waals surface area contributed by atoms with Gasteiger partial charge in [0.15, 0.2) is 9.92 Å². The van der Waals surface area contributed by atoms with E-state index in [4.69, 9.17) is 9.88 Å². The number of hydrogen-bond donors (Lipinski definition) is 3. The summed E-state index contributed by atoms with van der Waals surface area (Å²) in [7, 11) is -3.62. The van der Waals surface area contributed by atoms with Crippen LogP contribution in [0.4, 0.5) is 14.9 Å². The number of halogens is 1. The van der Waals surface area contributed by atoms with Crippen molar-refractivity contribution in [2.75, 3.05) is 25.0 Å². The first kappa shape index (κ1) is 22.0. The number of aliphatic hydroxyl groups excluding tert-OH is 1. The fourth-order valence-corrected chi connectivity index (χ4v) is 6.51. The maximum atomic E-state index is 13.3. The van der Waals surface area contributed by atoms with Crippen LogP contribution in [-0.4, -0.2) is 61.9 Å². The monoisotopic (exact) mass is 490 g/mol. The van der Waals surface area contributed by atoms with Crippen molar-refractivity contribution in [3.8, 4) is 5.88 Å². The second-order valence-corrected chi connectivity index (χ2v) is 11.2. The number of anilines is 1. The molecule has 1 aromatic heterocycles. The number of aromatic nitrogens is 2. The Kier molecular flexibility index (Phi) is 5.17. The zero-order valence-corrected chi connectivity index (χ0v) is 19.4. The van der Waals surface area contributed by atoms with Crippen LogP contribution in [-0.2, 0) is 35.7 Å². The SMILES string of the molecule is NS(=O)(=NC(=O)Nc1c2c(cc3c1CCC3O)CCC2)c1cnn2c1OCC(N1CC(F)C1)C2. The van der Waals surface area contributed by atoms with Gasteiger partial charge in [-0.15, -0.1) is 4.36 Å². The molecule has 2 aliphatic heterocycles. The van der Waals surface area contributed by atoms with Crippen LogP contribution in [0.2, 0.25) is 0 Å². The number of carbonyl (C=O) groups is 1. The summed E-state index contributed by atoms with van der Waals surface area (Å²) in [5, 5.41) is 23.4. The van der Waals surface area contributed by atoms with Gasteiger partial charge in [-0.05, 0) is 54.4 Å². The number of nitrogens with two attached hydrogens (primary N) is 1. The molecule has 1 aromatic carbocycles. The van der Waals surface area contributed by atoms with Crippen molar-refractivity contribution in [2.45, 2.75) is 61.9 Å². The number of amides is 2. The van der Waals surface area contributed by atoms with Crippen molar-refractivity contribution in [3.05, 3.63) is 34.5 Å². The number of carbonyl (C=O) groups excluding carboxylic acids is 1. The van der Waals surface area contributed by atoms with E-state index < -0.39 is 28.2 Å². The molecule has 182 valence electrons. The van der Waals surface area contributed by atoms with Crippen molar-refractivity contribution in [2.24, 2.45) is 9.50 Å². The molecule has 2 aromatic rings. The molecule has 4 N–H and O–H groups in total. The van der Waals surface area contributed by atoms with Crippen molar-refractivity contribution in [1.29, 1.82) is 0 Å². The molecule has 10 nitrogen and oxygen atoms in total. The molecular formula is C22H27FN6O4S. The fraction of sp³-hybridized carbons (Fsp3) is 0.545. The van der Waals surface area contributed by atoms with Gasteiger partial charge in [-0.1, -0.05) is 6.07 Å². The Morgan fingerprint density at radius 1 is 1.29 bits per heavy atom. The number of hydrogen-bond acceptors (Lipinski definition) is 6. The molecule has 4 aliphatic rings. The standard InChI is InChI=1S/C22H27FN6O4S/c23-13-8-28(9-13)14-10-29-21(33-11-14)19(7-25-29)34(24,32)27-22(31)26-20-15-3-1-2-12(15)6-17-16(20)4-5-18(17)30/h6-7,13-14,18,30H,1-5,8-11H2,(H3,24,26,27,31,32). The summed E-state index contributed by atoms with van der Waals surface area (Å²) in [6.07, 6.45) is 3.93. The number of ether oxygens (including phenoxy) is 1. The molecule has 3 unspecified atom stereocenters. The fourth-order valence-electron chi connectivity index (χ4n) is 5.50. The van der Waals surface area contributed by atoms with E-state index in [1.165, 1.54) is 10.9 Å². The molecule has 0 saturated carbocycles. The lowest BCUT2D eigenvalue weighted by molar-refractivity contribution is -0.0114. The first-order valence-electron chi connectivity index (χ1n) is 11.6. The van der Waals surface area contributed by atoms with Crippen LogP contribution in [0.3, 0.4) is 0 Å². The molecule has 12 heteroatoms. The summed E-state index contributed by atoms with van der Waals surface area (Å²) >= 11 is 0. The highest BCUT2D eigenvalue weighted by atomic mass is 32.2. The van der Waals surface area contributed by atoms with E-state index in [9.17, 15) is 18.5 Å². The van der Waals surface area contributed by atoms with Crippen molar-refractivity contribution in [3.63, 3.8) is 0 Å². The minimum absolute atomic E-state index is 0.0288. The summed E-state index contributed by atoms with van der Waals surface area (Å²) in [6.45, 7) is 1.47. The van der Waals surface area contributed by atoms with Crippen LogP contribution in [0.5, 0.6) is 5.88 Å². The Hall–Kier alpha value is -2.54. The van der Waals surface area contributed by atoms with Gasteiger partial charge >= 0.3 is 6.03 Å². The first-order chi connectivity index (χ1) is 16.3. The van der Waals surface area contributed by atoms with Crippen molar-refractivity contribution in [1.82, 2.24) is 14.7 Å². The Morgan fingerprint density at radius 2 is 2.12 bits per heavy atom. The summed E-state index contributed by atoms with van der Waals surface area (Å²) in [6, 6.07) is 1.21. The maximum Gasteiger partial charge on any atom is 0.354 e. The van der Waals surface area contributed by atoms with E-state index in [-0.39, 0.29) is 23.4 Å². The second kappa shape index (κ2) is 8.01. The van der Waals surface area contributed by atoms with Crippen LogP contribution < -0.4 is 15.2 Å². The lowest BCUT2D eigenvalue weighted by Crippen LogP contribution is -2.57. The second-order valence-electron chi connectivity index (χ2n) is 9.47. The van der Waals surface area contributed by atoms with Gasteiger partial charge in [0.2, 0.25) is 5.88 Å². The normalized spacial score (nSPS) is 25.5. The summed E-state index contributed by atoms with van der Waals surface area (Å²) in [5.41, 5.74) is 4.61. The molecule has 2 aliphatic carbocycles. The van der Waals surface area contributed by atoms with Crippen LogP contribution in [0.25, 0.3) is 0 Å². The van der Waals surface area contributed by atoms with Crippen LogP contribution in [0.15, 0.2) is 21.5 Å². The summed E-state index contributed by atoms with van der Waals surface area (Å²) in [4.78, 5) is 14.9. The molecule has 3 heterocycles. The highest BCUT2D eigenvalue weighted by Gasteiger charge is 2.37. The summed E-state index contributed by atoms with van der Waals surface area (Å²) in [5.74, 6) is 0.224. The molecule has 3 atom stereocenters. The highest BCUT2D eigenvalue weighted by Crippen LogP contribution is 2.42. The van der Waals surface area contributed by atoms with E-state index in [0.29, 0.717) is 38.2 Å². The number of benzene rings is 1. The van der Waals surface area contributed by atoms with Gasteiger partial charge in [-0.2, -0.15) is 5.10 Å². The maximum absolute atomic E-state index is 13.3. The van der Waals surface area contributed by atoms with Gasteiger partial charge in [0.25, 0.3) is 0 Å². The van der Waals surface area contributed by atoms with E-state index in [2.05, 4.69) is 14.8 Å². The number of aliphatic hydroxyl groups is 1. The van der Waals surface area contributed by atoms with E-state index in [1.54, 1.807) is 0 Å². The zero-order chi connectivity index (χ0) is 23.6. The van der Waals surface area contributed by atoms with E-state index in [1.807, 2.05) is 11.0 Å². The average molecular weight is 491 g/mol. The molecule has 6 rings (SSSR count). The third-order valence-electron chi connectivity index (χ3n) is 7.27. The first-order valence-corrected chi connectivity index (χ1v) is 13.2. The topological polar surface area (TPSA) is 135 Å². The Balaban J connectivity index is 1.26. The van der Waals surface area contributed by atoms with Gasteiger partial charge < -0.3 is 15.2 Å². The molecule has 34 heavy (non-hydrogen) atoms. The van der Waals surface area contributed by atoms with Gasteiger partial charge in [-0.3, -0.25) is 4.90 Å². The lowest BCUT2D eigenvalue weighted by atomic mass is 9.98. The minimum atomic E-state index is -3.62. The number of nitrogens with one attached hydrogen (secondary N) is 1. The Bertz CT molecular complexity index is 1300. The van der Waals surface area contributed by atoms with Gasteiger partial charge in [0.1, 0.15) is 17.7 Å². The van der Waals surface area contributed by atoms with Crippen LogP contribution in [0.1, 0.15) is 41.2 Å². The largest absolute Gasteiger partial charge is 0.475 e. The van der Waals surface area contributed by atoms with E-state index >= 15 is 0 Å². The molecule has 0 radical (unpaired) electrons. The highest BCUT2D eigenvalue weighted by molar-refractivity contribution is 7.91. The number of likely N-dealkylation sites (tertiary alicyclic amines) is 1. The van der Waals surface area contributed by atoms with Gasteiger partial charge in [0, 0.05) is 18.8 Å². The third-order valence-corrected chi connectivity index (χ3v) is 8.62. The number of fused-ring (bicyclic) bond motifs is 3. The zero-order valence-electron chi connectivity index (χ0n) is 18.6. The van der Waals surface area contributed by atoms with Crippen LogP contribution in [0, 0.1) is 0 Å². The van der Waals surface area contributed by atoms with Crippen molar-refractivity contribution < 1.29 is 23.2 Å². The molecular weight excluding hydrogens is 463 g/mol. The lowest BCUT2D eigenvalue weighted by Gasteiger charge is -2.41. The quantitative estimate of drug-likeness (QED) is 0.599. The number of aryl methyl sites for hydroxylation is 1. The minimum Gasteiger partial charge on any atom is -0.475 e. The van der Waals surface area contributed by atoms with E-state index in [0.717, 1.165) is 41.5 Å². The Morgan fingerprint density at radius 3 is 2.91 bits per heavy atom. The molecule has 2 amide bonds. The molecule has 1 saturated heterocycles. The number of nitrogens with zero attached hydrogens (tertiary/aromatic N) is 4. The molecule has 1 fully saturated rings. The third kappa shape index (κ3) is 3.60. The van der Waals surface area contributed by atoms with Crippen LogP contribution >= 0.6 is 0 Å². The number of urea groups is 1. The number of alkyl halides is 1. The predicted octanol–water partition coefficient (Wildman–Crippen LogP) is 1.70. The molecule has 0 bridgehead atoms. The smallest absolute Gasteiger partial charge is 0.354 e. The molecule has 0 spiro atoms. The van der Waals surface area contributed by atoms with Gasteiger partial charge in [0.05, 0.1) is 24.9 Å². The van der Waals surface area contributed by atoms with Gasteiger partial charge in [-0.25, -0.2) is 23.2 Å². The summed E-state index contributed by atoms with van der Waals surface area (Å²) < 4.78 is 37.6. The Labute approximate surface area is 196 Å². The number of rotatable bonds is 3. The average Bonchev–Trinajstić information content (AvgIpc) is 3.49. The predicted molar refractivity (Wildman–Crippen MR) is 122 cm³/mol.